The predicted molar refractivity (Wildman–Crippen MR) is 90.1 cm³/mol. The number of pyridine rings is 1. The molecule has 1 saturated heterocycles. The van der Waals surface area contributed by atoms with Crippen LogP contribution in [-0.4, -0.2) is 24.0 Å². The number of hydrogen-bond donors (Lipinski definition) is 1. The number of carbonyl (C=O) groups excluding carboxylic acids is 1. The Morgan fingerprint density at radius 1 is 1.20 bits per heavy atom. The van der Waals surface area contributed by atoms with Gasteiger partial charge in [-0.3, -0.25) is 4.79 Å². The summed E-state index contributed by atoms with van der Waals surface area (Å²) in [6.45, 7) is 1.48. The Labute approximate surface area is 147 Å². The summed E-state index contributed by atoms with van der Waals surface area (Å²) in [6, 6.07) is 6.38. The average Bonchev–Trinajstić information content (AvgIpc) is 3.08. The van der Waals surface area contributed by atoms with Crippen LogP contribution in [0.2, 0.25) is 5.15 Å². The fourth-order valence-corrected chi connectivity index (χ4v) is 3.00. The molecule has 0 spiro atoms. The second-order valence-electron chi connectivity index (χ2n) is 5.72. The molecule has 2 heterocycles. The van der Waals surface area contributed by atoms with Gasteiger partial charge in [0.05, 0.1) is 22.5 Å². The fourth-order valence-electron chi connectivity index (χ4n) is 2.79. The van der Waals surface area contributed by atoms with E-state index in [0.717, 1.165) is 38.1 Å². The highest BCUT2D eigenvalue weighted by atomic mass is 35.5. The molecule has 0 radical (unpaired) electrons. The van der Waals surface area contributed by atoms with Gasteiger partial charge in [-0.25, -0.2) is 4.98 Å². The minimum absolute atomic E-state index is 0.00491. The van der Waals surface area contributed by atoms with Crippen LogP contribution in [0.5, 0.6) is 0 Å². The van der Waals surface area contributed by atoms with E-state index in [2.05, 4.69) is 10.3 Å². The maximum Gasteiger partial charge on any atom is 0.416 e. The second-order valence-corrected chi connectivity index (χ2v) is 6.08. The molecule has 2 aromatic rings. The lowest BCUT2D eigenvalue weighted by Crippen LogP contribution is -2.22. The summed E-state index contributed by atoms with van der Waals surface area (Å²) < 4.78 is 39.1. The van der Waals surface area contributed by atoms with Crippen molar-refractivity contribution in [2.45, 2.75) is 19.0 Å². The number of alkyl halides is 3. The highest BCUT2D eigenvalue weighted by Crippen LogP contribution is 2.36. The van der Waals surface area contributed by atoms with Crippen molar-refractivity contribution < 1.29 is 18.0 Å². The van der Waals surface area contributed by atoms with Crippen molar-refractivity contribution in [2.24, 2.45) is 0 Å². The Hall–Kier alpha value is -2.28. The number of anilines is 2. The van der Waals surface area contributed by atoms with E-state index >= 15 is 0 Å². The van der Waals surface area contributed by atoms with E-state index in [0.29, 0.717) is 5.69 Å². The maximum absolute atomic E-state index is 13.0. The molecule has 1 N–H and O–H groups in total. The van der Waals surface area contributed by atoms with Gasteiger partial charge in [0.25, 0.3) is 5.91 Å². The van der Waals surface area contributed by atoms with Crippen LogP contribution in [0.25, 0.3) is 0 Å². The van der Waals surface area contributed by atoms with E-state index in [4.69, 9.17) is 11.6 Å². The molecule has 4 nitrogen and oxygen atoms in total. The molecule has 1 aliphatic heterocycles. The minimum atomic E-state index is -4.49. The average molecular weight is 370 g/mol. The summed E-state index contributed by atoms with van der Waals surface area (Å²) in [5.41, 5.74) is -0.0301. The third-order valence-corrected chi connectivity index (χ3v) is 4.32. The zero-order valence-electron chi connectivity index (χ0n) is 13.1. The van der Waals surface area contributed by atoms with Crippen LogP contribution >= 0.6 is 11.6 Å². The Balaban J connectivity index is 1.97. The van der Waals surface area contributed by atoms with Crippen molar-refractivity contribution in [3.05, 3.63) is 52.8 Å². The first-order valence-electron chi connectivity index (χ1n) is 7.74. The number of rotatable bonds is 3. The van der Waals surface area contributed by atoms with Gasteiger partial charge < -0.3 is 10.2 Å². The zero-order valence-corrected chi connectivity index (χ0v) is 13.9. The largest absolute Gasteiger partial charge is 0.416 e. The lowest BCUT2D eigenvalue weighted by molar-refractivity contribution is -0.137. The van der Waals surface area contributed by atoms with E-state index in [1.165, 1.54) is 24.4 Å². The summed E-state index contributed by atoms with van der Waals surface area (Å²) in [5, 5.41) is 2.55. The first kappa shape index (κ1) is 17.5. The van der Waals surface area contributed by atoms with Gasteiger partial charge in [-0.2, -0.15) is 13.2 Å². The van der Waals surface area contributed by atoms with Crippen molar-refractivity contribution in [1.29, 1.82) is 0 Å². The number of nitrogens with one attached hydrogen (secondary N) is 1. The third kappa shape index (κ3) is 3.87. The molecule has 25 heavy (non-hydrogen) atoms. The van der Waals surface area contributed by atoms with E-state index in [-0.39, 0.29) is 16.4 Å². The van der Waals surface area contributed by atoms with Gasteiger partial charge in [0.2, 0.25) is 0 Å². The number of benzene rings is 1. The van der Waals surface area contributed by atoms with Crippen LogP contribution in [-0.2, 0) is 6.18 Å². The standard InChI is InChI=1S/C17H15ClF3N3O/c18-15-12(4-3-7-22-15)16(25)23-13-10-11(17(19,20)21)5-6-14(13)24-8-1-2-9-24/h3-7,10H,1-2,8-9H2,(H,23,25). The molecule has 3 rings (SSSR count). The van der Waals surface area contributed by atoms with Gasteiger partial charge in [-0.15, -0.1) is 0 Å². The molecule has 0 unspecified atom stereocenters. The first-order valence-corrected chi connectivity index (χ1v) is 8.12. The highest BCUT2D eigenvalue weighted by molar-refractivity contribution is 6.33. The van der Waals surface area contributed by atoms with Crippen LogP contribution < -0.4 is 10.2 Å². The summed E-state index contributed by atoms with van der Waals surface area (Å²) >= 11 is 5.89. The predicted octanol–water partition coefficient (Wildman–Crippen LogP) is 4.61. The van der Waals surface area contributed by atoms with Crippen LogP contribution in [0.3, 0.4) is 0 Å². The fraction of sp³-hybridized carbons (Fsp3) is 0.294. The number of nitrogens with zero attached hydrogens (tertiary/aromatic N) is 2. The van der Waals surface area contributed by atoms with Gasteiger partial charge >= 0.3 is 6.18 Å². The van der Waals surface area contributed by atoms with E-state index < -0.39 is 17.6 Å². The molecule has 0 aliphatic carbocycles. The molecule has 1 fully saturated rings. The minimum Gasteiger partial charge on any atom is -0.370 e. The SMILES string of the molecule is O=C(Nc1cc(C(F)(F)F)ccc1N1CCCC1)c1cccnc1Cl. The van der Waals surface area contributed by atoms with Crippen LogP contribution in [0.15, 0.2) is 36.5 Å². The molecule has 0 bridgehead atoms. The topological polar surface area (TPSA) is 45.2 Å². The summed E-state index contributed by atoms with van der Waals surface area (Å²) in [5.74, 6) is -0.599. The van der Waals surface area contributed by atoms with Gasteiger partial charge in [0.15, 0.2) is 0 Å². The first-order chi connectivity index (χ1) is 11.9. The number of hydrogen-bond acceptors (Lipinski definition) is 3. The van der Waals surface area contributed by atoms with Gasteiger partial charge in [-0.1, -0.05) is 11.6 Å². The number of aromatic nitrogens is 1. The van der Waals surface area contributed by atoms with Gasteiger partial charge in [0, 0.05) is 19.3 Å². The second kappa shape index (κ2) is 6.92. The molecule has 1 aliphatic rings. The smallest absolute Gasteiger partial charge is 0.370 e. The Morgan fingerprint density at radius 3 is 2.56 bits per heavy atom. The molecule has 8 heteroatoms. The lowest BCUT2D eigenvalue weighted by Gasteiger charge is -2.23. The number of carbonyl (C=O) groups is 1. The van der Waals surface area contributed by atoms with E-state index in [1.54, 1.807) is 0 Å². The molecule has 1 aromatic heterocycles. The molecular formula is C17H15ClF3N3O. The van der Waals surface area contributed by atoms with E-state index in [1.807, 2.05) is 4.90 Å². The van der Waals surface area contributed by atoms with Crippen molar-refractivity contribution >= 4 is 28.9 Å². The normalized spacial score (nSPS) is 14.6. The molecule has 1 amide bonds. The summed E-state index contributed by atoms with van der Waals surface area (Å²) in [7, 11) is 0. The molecule has 0 saturated carbocycles. The Morgan fingerprint density at radius 2 is 1.92 bits per heavy atom. The summed E-state index contributed by atoms with van der Waals surface area (Å²) in [4.78, 5) is 18.2. The molecular weight excluding hydrogens is 355 g/mol. The monoisotopic (exact) mass is 369 g/mol. The Kier molecular flexibility index (Phi) is 4.85. The number of halogens is 4. The highest BCUT2D eigenvalue weighted by Gasteiger charge is 2.32. The quantitative estimate of drug-likeness (QED) is 0.804. The third-order valence-electron chi connectivity index (χ3n) is 4.02. The van der Waals surface area contributed by atoms with Crippen molar-refractivity contribution in [2.75, 3.05) is 23.3 Å². The zero-order chi connectivity index (χ0) is 18.0. The molecule has 0 atom stereocenters. The van der Waals surface area contributed by atoms with Crippen LogP contribution in [0.4, 0.5) is 24.5 Å². The van der Waals surface area contributed by atoms with Crippen molar-refractivity contribution in [1.82, 2.24) is 4.98 Å². The lowest BCUT2D eigenvalue weighted by atomic mass is 10.1. The van der Waals surface area contributed by atoms with Gasteiger partial charge in [-0.05, 0) is 43.2 Å². The molecule has 132 valence electrons. The summed E-state index contributed by atoms with van der Waals surface area (Å²) in [6.07, 6.45) is -1.14. The van der Waals surface area contributed by atoms with Crippen LogP contribution in [0.1, 0.15) is 28.8 Å². The molecule has 1 aromatic carbocycles. The Bertz CT molecular complexity index is 789. The van der Waals surface area contributed by atoms with Crippen molar-refractivity contribution in [3.63, 3.8) is 0 Å². The maximum atomic E-state index is 13.0. The van der Waals surface area contributed by atoms with Crippen LogP contribution in [0, 0.1) is 0 Å². The van der Waals surface area contributed by atoms with E-state index in [9.17, 15) is 18.0 Å². The van der Waals surface area contributed by atoms with Gasteiger partial charge in [0.1, 0.15) is 5.15 Å². The number of amides is 1. The van der Waals surface area contributed by atoms with Crippen molar-refractivity contribution in [3.8, 4) is 0 Å².